The van der Waals surface area contributed by atoms with E-state index in [-0.39, 0.29) is 23.9 Å². The maximum absolute atomic E-state index is 11.9. The number of hydrogen-bond acceptors (Lipinski definition) is 4. The molecule has 0 bridgehead atoms. The Morgan fingerprint density at radius 2 is 1.85 bits per heavy atom. The summed E-state index contributed by atoms with van der Waals surface area (Å²) < 4.78 is 5.09. The summed E-state index contributed by atoms with van der Waals surface area (Å²) in [6.45, 7) is 5.83. The summed E-state index contributed by atoms with van der Waals surface area (Å²) in [7, 11) is 0. The first kappa shape index (κ1) is 16.2. The minimum absolute atomic E-state index is 0.104. The van der Waals surface area contributed by atoms with E-state index < -0.39 is 0 Å². The minimum atomic E-state index is -0.369. The molecule has 0 saturated heterocycles. The Hall–Kier alpha value is -1.88. The van der Waals surface area contributed by atoms with Crippen molar-refractivity contribution in [3.8, 4) is 0 Å². The number of benzene rings is 1. The maximum atomic E-state index is 11.9. The van der Waals surface area contributed by atoms with E-state index in [0.717, 1.165) is 0 Å². The zero-order valence-corrected chi connectivity index (χ0v) is 12.2. The summed E-state index contributed by atoms with van der Waals surface area (Å²) in [6.07, 6.45) is 0.540. The van der Waals surface area contributed by atoms with Crippen molar-refractivity contribution in [3.63, 3.8) is 0 Å². The molecule has 110 valence electrons. The van der Waals surface area contributed by atoms with Crippen LogP contribution < -0.4 is 11.1 Å². The van der Waals surface area contributed by atoms with Gasteiger partial charge in [0.1, 0.15) is 0 Å². The molecule has 0 saturated carbocycles. The van der Waals surface area contributed by atoms with Crippen molar-refractivity contribution in [3.05, 3.63) is 29.8 Å². The lowest BCUT2D eigenvalue weighted by atomic mass is 10.1. The van der Waals surface area contributed by atoms with Gasteiger partial charge in [-0.15, -0.1) is 0 Å². The SMILES string of the molecule is CCC(CN)C(=O)Nc1ccc(C(=O)OC(C)C)cc1. The van der Waals surface area contributed by atoms with Gasteiger partial charge in [0.25, 0.3) is 0 Å². The molecule has 0 fully saturated rings. The Bertz CT molecular complexity index is 451. The van der Waals surface area contributed by atoms with E-state index >= 15 is 0 Å². The number of ether oxygens (including phenoxy) is 1. The lowest BCUT2D eigenvalue weighted by molar-refractivity contribution is -0.119. The fourth-order valence-corrected chi connectivity index (χ4v) is 1.68. The monoisotopic (exact) mass is 278 g/mol. The van der Waals surface area contributed by atoms with E-state index in [2.05, 4.69) is 5.32 Å². The first-order valence-electron chi connectivity index (χ1n) is 6.79. The molecule has 0 spiro atoms. The van der Waals surface area contributed by atoms with Gasteiger partial charge in [-0.05, 0) is 44.5 Å². The molecule has 3 N–H and O–H groups in total. The van der Waals surface area contributed by atoms with Crippen molar-refractivity contribution < 1.29 is 14.3 Å². The van der Waals surface area contributed by atoms with E-state index in [1.54, 1.807) is 38.1 Å². The molecular formula is C15H22N2O3. The van der Waals surface area contributed by atoms with Crippen LogP contribution in [0.25, 0.3) is 0 Å². The zero-order chi connectivity index (χ0) is 15.1. The molecule has 1 unspecified atom stereocenters. The molecule has 0 aromatic heterocycles. The molecule has 0 aliphatic heterocycles. The number of carbonyl (C=O) groups is 2. The second-order valence-electron chi connectivity index (χ2n) is 4.86. The third-order valence-electron chi connectivity index (χ3n) is 2.88. The lowest BCUT2D eigenvalue weighted by Crippen LogP contribution is -2.28. The molecule has 20 heavy (non-hydrogen) atoms. The van der Waals surface area contributed by atoms with Gasteiger partial charge in [0.15, 0.2) is 0 Å². The van der Waals surface area contributed by atoms with Gasteiger partial charge in [0.05, 0.1) is 17.6 Å². The number of rotatable bonds is 6. The first-order chi connectivity index (χ1) is 9.47. The molecule has 1 aromatic rings. The molecule has 0 radical (unpaired) electrons. The molecule has 1 atom stereocenters. The predicted octanol–water partition coefficient (Wildman–Crippen LogP) is 2.18. The van der Waals surface area contributed by atoms with E-state index in [4.69, 9.17) is 10.5 Å². The second-order valence-corrected chi connectivity index (χ2v) is 4.86. The highest BCUT2D eigenvalue weighted by Gasteiger charge is 2.15. The van der Waals surface area contributed by atoms with Crippen LogP contribution in [0.5, 0.6) is 0 Å². The quantitative estimate of drug-likeness (QED) is 0.781. The van der Waals surface area contributed by atoms with Crippen LogP contribution in [0.4, 0.5) is 5.69 Å². The Balaban J connectivity index is 2.67. The summed E-state index contributed by atoms with van der Waals surface area (Å²) in [4.78, 5) is 23.5. The summed E-state index contributed by atoms with van der Waals surface area (Å²) in [5.41, 5.74) is 6.63. The third kappa shape index (κ3) is 4.66. The largest absolute Gasteiger partial charge is 0.459 e. The molecule has 5 heteroatoms. The van der Waals surface area contributed by atoms with Crippen molar-refractivity contribution in [2.45, 2.75) is 33.3 Å². The van der Waals surface area contributed by atoms with Crippen molar-refractivity contribution in [2.24, 2.45) is 11.7 Å². The number of nitrogens with one attached hydrogen (secondary N) is 1. The Kier molecular flexibility index (Phi) is 6.18. The lowest BCUT2D eigenvalue weighted by Gasteiger charge is -2.13. The fraction of sp³-hybridized carbons (Fsp3) is 0.467. The van der Waals surface area contributed by atoms with E-state index in [1.165, 1.54) is 0 Å². The molecule has 5 nitrogen and oxygen atoms in total. The Labute approximate surface area is 119 Å². The van der Waals surface area contributed by atoms with E-state index in [0.29, 0.717) is 24.2 Å². The van der Waals surface area contributed by atoms with Gasteiger partial charge in [0, 0.05) is 12.2 Å². The van der Waals surface area contributed by atoms with Crippen LogP contribution in [0, 0.1) is 5.92 Å². The smallest absolute Gasteiger partial charge is 0.338 e. The van der Waals surface area contributed by atoms with Gasteiger partial charge >= 0.3 is 5.97 Å². The van der Waals surface area contributed by atoms with Crippen molar-refractivity contribution in [2.75, 3.05) is 11.9 Å². The standard InChI is InChI=1S/C15H22N2O3/c1-4-11(9-16)14(18)17-13-7-5-12(6-8-13)15(19)20-10(2)3/h5-8,10-11H,4,9,16H2,1-3H3,(H,17,18). The average Bonchev–Trinajstić information content (AvgIpc) is 2.40. The molecular weight excluding hydrogens is 256 g/mol. The number of amides is 1. The van der Waals surface area contributed by atoms with Crippen LogP contribution in [0.3, 0.4) is 0 Å². The summed E-state index contributed by atoms with van der Waals surface area (Å²) in [6, 6.07) is 6.61. The normalized spacial score (nSPS) is 12.1. The third-order valence-corrected chi connectivity index (χ3v) is 2.88. The van der Waals surface area contributed by atoms with Gasteiger partial charge in [-0.3, -0.25) is 4.79 Å². The number of carbonyl (C=O) groups excluding carboxylic acids is 2. The number of esters is 1. The highest BCUT2D eigenvalue weighted by molar-refractivity contribution is 5.94. The van der Waals surface area contributed by atoms with Crippen LogP contribution in [0.2, 0.25) is 0 Å². The molecule has 1 rings (SSSR count). The fourth-order valence-electron chi connectivity index (χ4n) is 1.68. The van der Waals surface area contributed by atoms with Gasteiger partial charge in [0.2, 0.25) is 5.91 Å². The van der Waals surface area contributed by atoms with Crippen LogP contribution in [0.15, 0.2) is 24.3 Å². The molecule has 0 aliphatic rings. The van der Waals surface area contributed by atoms with Gasteiger partial charge in [-0.1, -0.05) is 6.92 Å². The van der Waals surface area contributed by atoms with E-state index in [9.17, 15) is 9.59 Å². The number of hydrogen-bond donors (Lipinski definition) is 2. The van der Waals surface area contributed by atoms with Crippen molar-refractivity contribution >= 4 is 17.6 Å². The van der Waals surface area contributed by atoms with Crippen LogP contribution in [-0.2, 0) is 9.53 Å². The average molecular weight is 278 g/mol. The molecule has 0 aliphatic carbocycles. The van der Waals surface area contributed by atoms with Crippen molar-refractivity contribution in [1.82, 2.24) is 0 Å². The topological polar surface area (TPSA) is 81.4 Å². The zero-order valence-electron chi connectivity index (χ0n) is 12.2. The number of anilines is 1. The van der Waals surface area contributed by atoms with Crippen molar-refractivity contribution in [1.29, 1.82) is 0 Å². The first-order valence-corrected chi connectivity index (χ1v) is 6.79. The summed E-state index contributed by atoms with van der Waals surface area (Å²) in [5, 5.41) is 2.78. The van der Waals surface area contributed by atoms with Crippen LogP contribution in [-0.4, -0.2) is 24.5 Å². The number of nitrogens with two attached hydrogens (primary N) is 1. The van der Waals surface area contributed by atoms with Gasteiger partial charge < -0.3 is 15.8 Å². The van der Waals surface area contributed by atoms with Crippen LogP contribution >= 0.6 is 0 Å². The maximum Gasteiger partial charge on any atom is 0.338 e. The summed E-state index contributed by atoms with van der Waals surface area (Å²) in [5.74, 6) is -0.667. The molecule has 1 aromatic carbocycles. The van der Waals surface area contributed by atoms with Gasteiger partial charge in [-0.25, -0.2) is 4.79 Å². The van der Waals surface area contributed by atoms with Crippen LogP contribution in [0.1, 0.15) is 37.6 Å². The predicted molar refractivity (Wildman–Crippen MR) is 78.5 cm³/mol. The summed E-state index contributed by atoms with van der Waals surface area (Å²) >= 11 is 0. The highest BCUT2D eigenvalue weighted by atomic mass is 16.5. The Morgan fingerprint density at radius 3 is 2.30 bits per heavy atom. The Morgan fingerprint density at radius 1 is 1.25 bits per heavy atom. The molecule has 0 heterocycles. The minimum Gasteiger partial charge on any atom is -0.459 e. The second kappa shape index (κ2) is 7.65. The van der Waals surface area contributed by atoms with E-state index in [1.807, 2.05) is 6.92 Å². The highest BCUT2D eigenvalue weighted by Crippen LogP contribution is 2.13. The molecule has 1 amide bonds. The van der Waals surface area contributed by atoms with Gasteiger partial charge in [-0.2, -0.15) is 0 Å².